The lowest BCUT2D eigenvalue weighted by Crippen LogP contribution is -2.59. The Morgan fingerprint density at radius 1 is 1.44 bits per heavy atom. The van der Waals surface area contributed by atoms with Crippen molar-refractivity contribution in [1.82, 2.24) is 4.90 Å². The number of hydrogen-bond donors (Lipinski definition) is 2. The predicted molar refractivity (Wildman–Crippen MR) is 74.1 cm³/mol. The molecule has 102 valence electrons. The molecule has 1 atom stereocenters. The molecule has 0 aromatic carbocycles. The lowest BCUT2D eigenvalue weighted by Gasteiger charge is -2.48. The number of nitrogens with two attached hydrogens (primary N) is 1. The van der Waals surface area contributed by atoms with Crippen LogP contribution < -0.4 is 5.73 Å². The highest BCUT2D eigenvalue weighted by Crippen LogP contribution is 2.44. The summed E-state index contributed by atoms with van der Waals surface area (Å²) in [5.41, 5.74) is 4.93. The largest absolute Gasteiger partial charge is 0.392 e. The van der Waals surface area contributed by atoms with Gasteiger partial charge in [-0.1, -0.05) is 32.5 Å². The van der Waals surface area contributed by atoms with E-state index in [1.807, 2.05) is 18.7 Å². The maximum absolute atomic E-state index is 12.6. The molecule has 1 saturated heterocycles. The highest BCUT2D eigenvalue weighted by molar-refractivity contribution is 7.80. The Bertz CT molecular complexity index is 377. The molecule has 1 amide bonds. The molecule has 2 aliphatic rings. The molecular weight excluding hydrogens is 248 g/mol. The Labute approximate surface area is 114 Å². The van der Waals surface area contributed by atoms with Crippen molar-refractivity contribution in [1.29, 1.82) is 0 Å². The number of rotatable bonds is 2. The molecule has 3 N–H and O–H groups in total. The fourth-order valence-electron chi connectivity index (χ4n) is 2.92. The third kappa shape index (κ3) is 2.03. The quantitative estimate of drug-likeness (QED) is 0.736. The van der Waals surface area contributed by atoms with Crippen LogP contribution >= 0.6 is 12.2 Å². The first kappa shape index (κ1) is 13.7. The van der Waals surface area contributed by atoms with Crippen LogP contribution in [0.3, 0.4) is 0 Å². The molecule has 5 heteroatoms. The smallest absolute Gasteiger partial charge is 0.235 e. The molecule has 4 nitrogen and oxygen atoms in total. The van der Waals surface area contributed by atoms with Crippen molar-refractivity contribution in [2.75, 3.05) is 13.1 Å². The van der Waals surface area contributed by atoms with E-state index in [9.17, 15) is 9.90 Å². The van der Waals surface area contributed by atoms with Gasteiger partial charge in [0.15, 0.2) is 0 Å². The first-order chi connectivity index (χ1) is 8.29. The predicted octanol–water partition coefficient (Wildman–Crippen LogP) is 1.06. The summed E-state index contributed by atoms with van der Waals surface area (Å²) < 4.78 is 0. The molecule has 1 aliphatic carbocycles. The van der Waals surface area contributed by atoms with E-state index in [0.29, 0.717) is 24.5 Å². The summed E-state index contributed by atoms with van der Waals surface area (Å²) in [6, 6.07) is 0. The zero-order valence-corrected chi connectivity index (χ0v) is 11.9. The summed E-state index contributed by atoms with van der Waals surface area (Å²) in [4.78, 5) is 14.8. The normalized spacial score (nSPS) is 29.5. The number of nitrogens with zero attached hydrogens (tertiary/aromatic N) is 1. The first-order valence-electron chi connectivity index (χ1n) is 6.57. The molecule has 0 aromatic heterocycles. The van der Waals surface area contributed by atoms with Crippen LogP contribution in [0.2, 0.25) is 0 Å². The molecule has 0 radical (unpaired) electrons. The second kappa shape index (κ2) is 4.46. The number of aliphatic hydroxyl groups excluding tert-OH is 1. The van der Waals surface area contributed by atoms with Crippen LogP contribution in [0.15, 0.2) is 0 Å². The molecule has 0 aromatic rings. The van der Waals surface area contributed by atoms with Crippen LogP contribution in [0.5, 0.6) is 0 Å². The van der Waals surface area contributed by atoms with Crippen LogP contribution in [0.4, 0.5) is 0 Å². The maximum Gasteiger partial charge on any atom is 0.235 e. The van der Waals surface area contributed by atoms with E-state index in [4.69, 9.17) is 18.0 Å². The molecular formula is C13H22N2O2S. The second-order valence-corrected chi connectivity index (χ2v) is 6.76. The van der Waals surface area contributed by atoms with Crippen molar-refractivity contribution in [3.8, 4) is 0 Å². The topological polar surface area (TPSA) is 66.6 Å². The average molecular weight is 270 g/mol. The Balaban J connectivity index is 2.13. The van der Waals surface area contributed by atoms with Gasteiger partial charge < -0.3 is 15.7 Å². The number of aliphatic hydroxyl groups is 1. The number of likely N-dealkylation sites (tertiary alicyclic amines) is 1. The van der Waals surface area contributed by atoms with Crippen LogP contribution in [-0.4, -0.2) is 40.1 Å². The molecule has 1 heterocycles. The van der Waals surface area contributed by atoms with E-state index in [1.54, 1.807) is 0 Å². The number of carbonyl (C=O) groups is 1. The molecule has 1 saturated carbocycles. The van der Waals surface area contributed by atoms with Crippen molar-refractivity contribution >= 4 is 23.1 Å². The number of piperidine rings is 1. The molecule has 2 rings (SSSR count). The van der Waals surface area contributed by atoms with Crippen molar-refractivity contribution in [3.63, 3.8) is 0 Å². The number of carbonyl (C=O) groups excluding carboxylic acids is 1. The lowest BCUT2D eigenvalue weighted by atomic mass is 9.67. The van der Waals surface area contributed by atoms with Crippen LogP contribution in [0, 0.1) is 10.8 Å². The summed E-state index contributed by atoms with van der Waals surface area (Å²) in [7, 11) is 0. The van der Waals surface area contributed by atoms with Gasteiger partial charge in [-0.05, 0) is 19.3 Å². The first-order valence-corrected chi connectivity index (χ1v) is 6.98. The van der Waals surface area contributed by atoms with Gasteiger partial charge in [0.1, 0.15) is 0 Å². The molecule has 1 unspecified atom stereocenters. The van der Waals surface area contributed by atoms with Gasteiger partial charge in [-0.15, -0.1) is 0 Å². The third-order valence-electron chi connectivity index (χ3n) is 4.55. The fourth-order valence-corrected chi connectivity index (χ4v) is 3.21. The summed E-state index contributed by atoms with van der Waals surface area (Å²) in [5, 5.41) is 9.93. The van der Waals surface area contributed by atoms with Gasteiger partial charge in [0.05, 0.1) is 16.5 Å². The van der Waals surface area contributed by atoms with Crippen molar-refractivity contribution in [3.05, 3.63) is 0 Å². The minimum Gasteiger partial charge on any atom is -0.392 e. The highest BCUT2D eigenvalue weighted by Gasteiger charge is 2.50. The standard InChI is InChI=1S/C13H22N2O2S/c1-12(2)8-15(7-4-9(12)16)11(17)13(10(14)18)5-3-6-13/h9,16H,3-8H2,1-2H3,(H2,14,18). The third-order valence-corrected chi connectivity index (χ3v) is 4.94. The lowest BCUT2D eigenvalue weighted by molar-refractivity contribution is -0.148. The summed E-state index contributed by atoms with van der Waals surface area (Å²) in [6.45, 7) is 5.17. The Morgan fingerprint density at radius 2 is 2.06 bits per heavy atom. The van der Waals surface area contributed by atoms with Crippen LogP contribution in [0.25, 0.3) is 0 Å². The van der Waals surface area contributed by atoms with Crippen molar-refractivity contribution < 1.29 is 9.90 Å². The van der Waals surface area contributed by atoms with E-state index in [2.05, 4.69) is 0 Å². The SMILES string of the molecule is CC1(C)CN(C(=O)C2(C(N)=S)CCC2)CCC1O. The number of amides is 1. The van der Waals surface area contributed by atoms with Gasteiger partial charge in [-0.25, -0.2) is 0 Å². The molecule has 1 aliphatic heterocycles. The maximum atomic E-state index is 12.6. The van der Waals surface area contributed by atoms with Crippen LogP contribution in [-0.2, 0) is 4.79 Å². The zero-order chi connectivity index (χ0) is 13.6. The van der Waals surface area contributed by atoms with E-state index < -0.39 is 5.41 Å². The highest BCUT2D eigenvalue weighted by atomic mass is 32.1. The minimum absolute atomic E-state index is 0.0706. The van der Waals surface area contributed by atoms with E-state index in [-0.39, 0.29) is 17.4 Å². The molecule has 18 heavy (non-hydrogen) atoms. The zero-order valence-electron chi connectivity index (χ0n) is 11.1. The van der Waals surface area contributed by atoms with Crippen molar-refractivity contribution in [2.24, 2.45) is 16.6 Å². The van der Waals surface area contributed by atoms with Gasteiger partial charge in [-0.2, -0.15) is 0 Å². The van der Waals surface area contributed by atoms with Crippen molar-refractivity contribution in [2.45, 2.75) is 45.6 Å². The minimum atomic E-state index is -0.590. The summed E-state index contributed by atoms with van der Waals surface area (Å²) in [6.07, 6.45) is 2.86. The van der Waals surface area contributed by atoms with Gasteiger partial charge in [0.25, 0.3) is 0 Å². The second-order valence-electron chi connectivity index (χ2n) is 6.32. The van der Waals surface area contributed by atoms with Gasteiger partial charge in [-0.3, -0.25) is 4.79 Å². The average Bonchev–Trinajstić information content (AvgIpc) is 2.19. The van der Waals surface area contributed by atoms with Gasteiger partial charge in [0.2, 0.25) is 5.91 Å². The number of thiocarbonyl (C=S) groups is 1. The van der Waals surface area contributed by atoms with Gasteiger partial charge >= 0.3 is 0 Å². The van der Waals surface area contributed by atoms with E-state index in [0.717, 1.165) is 19.3 Å². The molecule has 2 fully saturated rings. The van der Waals surface area contributed by atoms with Crippen LogP contribution in [0.1, 0.15) is 39.5 Å². The fraction of sp³-hybridized carbons (Fsp3) is 0.846. The molecule has 0 bridgehead atoms. The Kier molecular flexibility index (Phi) is 3.40. The summed E-state index contributed by atoms with van der Waals surface area (Å²) >= 11 is 5.09. The molecule has 0 spiro atoms. The van der Waals surface area contributed by atoms with E-state index >= 15 is 0 Å². The number of hydrogen-bond acceptors (Lipinski definition) is 3. The Hall–Kier alpha value is -0.680. The summed E-state index contributed by atoms with van der Waals surface area (Å²) in [5.74, 6) is 0.0706. The van der Waals surface area contributed by atoms with E-state index in [1.165, 1.54) is 0 Å². The van der Waals surface area contributed by atoms with Gasteiger partial charge in [0, 0.05) is 18.5 Å². The Morgan fingerprint density at radius 3 is 2.44 bits per heavy atom. The monoisotopic (exact) mass is 270 g/mol.